The highest BCUT2D eigenvalue weighted by Crippen LogP contribution is 2.33. The molecule has 0 aliphatic rings. The van der Waals surface area contributed by atoms with Gasteiger partial charge >= 0.3 is 11.9 Å². The minimum Gasteiger partial charge on any atom is -0.493 e. The molecule has 6 nitrogen and oxygen atoms in total. The van der Waals surface area contributed by atoms with Gasteiger partial charge < -0.3 is 18.9 Å². The maximum atomic E-state index is 11.0. The van der Waals surface area contributed by atoms with Crippen LogP contribution in [0.2, 0.25) is 0 Å². The summed E-state index contributed by atoms with van der Waals surface area (Å²) in [7, 11) is 0. The molecule has 0 radical (unpaired) electrons. The van der Waals surface area contributed by atoms with Crippen molar-refractivity contribution in [3.63, 3.8) is 0 Å². The first kappa shape index (κ1) is 21.0. The van der Waals surface area contributed by atoms with Crippen LogP contribution in [0, 0.1) is 0 Å². The summed E-state index contributed by atoms with van der Waals surface area (Å²) < 4.78 is 21.5. The fourth-order valence-electron chi connectivity index (χ4n) is 2.44. The molecule has 0 atom stereocenters. The lowest BCUT2D eigenvalue weighted by atomic mass is 10.1. The van der Waals surface area contributed by atoms with Gasteiger partial charge in [-0.05, 0) is 12.1 Å². The third kappa shape index (κ3) is 6.46. The number of carbonyl (C=O) groups excluding carboxylic acids is 2. The van der Waals surface area contributed by atoms with Crippen molar-refractivity contribution in [1.29, 1.82) is 0 Å². The lowest BCUT2D eigenvalue weighted by molar-refractivity contribution is -0.138. The van der Waals surface area contributed by atoms with E-state index in [-0.39, 0.29) is 13.2 Å². The minimum absolute atomic E-state index is 0.278. The van der Waals surface area contributed by atoms with E-state index in [9.17, 15) is 9.59 Å². The van der Waals surface area contributed by atoms with Crippen molar-refractivity contribution in [2.45, 2.75) is 12.8 Å². The average molecular weight is 384 g/mol. The Labute approximate surface area is 164 Å². The van der Waals surface area contributed by atoms with E-state index in [4.69, 9.17) is 18.9 Å². The van der Waals surface area contributed by atoms with E-state index in [0.717, 1.165) is 34.4 Å². The van der Waals surface area contributed by atoms with Gasteiger partial charge in [0.05, 0.1) is 26.4 Å². The van der Waals surface area contributed by atoms with Gasteiger partial charge in [0, 0.05) is 35.8 Å². The average Bonchev–Trinajstić information content (AvgIpc) is 2.73. The Balaban J connectivity index is 1.90. The number of benzene rings is 2. The maximum absolute atomic E-state index is 11.0. The van der Waals surface area contributed by atoms with E-state index >= 15 is 0 Å². The number of esters is 2. The Morgan fingerprint density at radius 2 is 1.14 bits per heavy atom. The summed E-state index contributed by atoms with van der Waals surface area (Å²) in [6.07, 6.45) is 3.43. The van der Waals surface area contributed by atoms with Crippen LogP contribution in [0.4, 0.5) is 0 Å². The molecule has 0 aliphatic carbocycles. The van der Waals surface area contributed by atoms with E-state index in [1.165, 1.54) is 0 Å². The molecular formula is C22H24O6. The zero-order chi connectivity index (χ0) is 20.2. The molecule has 0 aromatic heterocycles. The number of ether oxygens (including phenoxy) is 4. The van der Waals surface area contributed by atoms with E-state index in [1.54, 1.807) is 0 Å². The first-order valence-electron chi connectivity index (χ1n) is 9.01. The zero-order valence-electron chi connectivity index (χ0n) is 15.7. The third-order valence-corrected chi connectivity index (χ3v) is 3.76. The highest BCUT2D eigenvalue weighted by molar-refractivity contribution is 5.93. The van der Waals surface area contributed by atoms with Crippen molar-refractivity contribution in [3.8, 4) is 11.5 Å². The maximum Gasteiger partial charge on any atom is 0.330 e. The normalized spacial score (nSPS) is 10.1. The van der Waals surface area contributed by atoms with Crippen molar-refractivity contribution >= 4 is 22.7 Å². The van der Waals surface area contributed by atoms with Crippen molar-refractivity contribution in [3.05, 3.63) is 61.7 Å². The van der Waals surface area contributed by atoms with Crippen molar-refractivity contribution in [2.75, 3.05) is 26.4 Å². The van der Waals surface area contributed by atoms with E-state index in [0.29, 0.717) is 26.1 Å². The summed E-state index contributed by atoms with van der Waals surface area (Å²) in [5.41, 5.74) is 0. The van der Waals surface area contributed by atoms with Crippen LogP contribution in [0.15, 0.2) is 61.7 Å². The fourth-order valence-corrected chi connectivity index (χ4v) is 2.44. The smallest absolute Gasteiger partial charge is 0.330 e. The van der Waals surface area contributed by atoms with Crippen LogP contribution in [0.5, 0.6) is 11.5 Å². The Morgan fingerprint density at radius 3 is 1.54 bits per heavy atom. The molecule has 0 bridgehead atoms. The molecular weight excluding hydrogens is 360 g/mol. The molecule has 0 saturated heterocycles. The number of hydrogen-bond acceptors (Lipinski definition) is 6. The largest absolute Gasteiger partial charge is 0.493 e. The predicted molar refractivity (Wildman–Crippen MR) is 106 cm³/mol. The van der Waals surface area contributed by atoms with Crippen molar-refractivity contribution in [2.24, 2.45) is 0 Å². The van der Waals surface area contributed by atoms with Crippen LogP contribution in [-0.2, 0) is 19.1 Å². The molecule has 0 fully saturated rings. The molecule has 0 amide bonds. The number of carbonyl (C=O) groups is 2. The van der Waals surface area contributed by atoms with Crippen LogP contribution in [0.3, 0.4) is 0 Å². The van der Waals surface area contributed by atoms with Gasteiger partial charge in [0.15, 0.2) is 0 Å². The highest BCUT2D eigenvalue weighted by Gasteiger charge is 2.08. The van der Waals surface area contributed by atoms with Crippen molar-refractivity contribution in [1.82, 2.24) is 0 Å². The molecule has 6 heteroatoms. The predicted octanol–water partition coefficient (Wildman–Crippen LogP) is 3.84. The van der Waals surface area contributed by atoms with Crippen LogP contribution in [0.1, 0.15) is 12.8 Å². The van der Waals surface area contributed by atoms with Crippen LogP contribution in [-0.4, -0.2) is 38.4 Å². The second-order valence-electron chi connectivity index (χ2n) is 5.75. The zero-order valence-corrected chi connectivity index (χ0v) is 15.7. The molecule has 0 aliphatic heterocycles. The number of hydrogen-bond donors (Lipinski definition) is 0. The van der Waals surface area contributed by atoms with E-state index in [1.807, 2.05) is 36.4 Å². The van der Waals surface area contributed by atoms with E-state index in [2.05, 4.69) is 13.2 Å². The van der Waals surface area contributed by atoms with Crippen LogP contribution < -0.4 is 9.47 Å². The molecule has 148 valence electrons. The Hall–Kier alpha value is -3.28. The molecule has 0 saturated carbocycles. The molecule has 0 unspecified atom stereocenters. The minimum atomic E-state index is -0.439. The molecule has 0 N–H and O–H groups in total. The summed E-state index contributed by atoms with van der Waals surface area (Å²) >= 11 is 0. The van der Waals surface area contributed by atoms with Gasteiger partial charge in [0.25, 0.3) is 0 Å². The van der Waals surface area contributed by atoms with Gasteiger partial charge in [-0.25, -0.2) is 9.59 Å². The van der Waals surface area contributed by atoms with Crippen LogP contribution in [0.25, 0.3) is 10.8 Å². The summed E-state index contributed by atoms with van der Waals surface area (Å²) in [5.74, 6) is 0.591. The molecule has 0 spiro atoms. The van der Waals surface area contributed by atoms with Gasteiger partial charge in [-0.2, -0.15) is 0 Å². The molecule has 2 rings (SSSR count). The monoisotopic (exact) mass is 384 g/mol. The Bertz CT molecular complexity index is 758. The fraction of sp³-hybridized carbons (Fsp3) is 0.273. The highest BCUT2D eigenvalue weighted by atomic mass is 16.5. The van der Waals surface area contributed by atoms with Gasteiger partial charge in [-0.1, -0.05) is 37.4 Å². The molecule has 2 aromatic rings. The van der Waals surface area contributed by atoms with Gasteiger partial charge in [0.1, 0.15) is 11.5 Å². The summed E-state index contributed by atoms with van der Waals surface area (Å²) in [6.45, 7) is 8.09. The molecule has 28 heavy (non-hydrogen) atoms. The van der Waals surface area contributed by atoms with Crippen LogP contribution >= 0.6 is 0 Å². The topological polar surface area (TPSA) is 71.1 Å². The molecule has 0 heterocycles. The van der Waals surface area contributed by atoms with Gasteiger partial charge in [-0.15, -0.1) is 0 Å². The summed E-state index contributed by atoms with van der Waals surface area (Å²) in [6, 6.07) is 11.5. The Morgan fingerprint density at radius 1 is 0.714 bits per heavy atom. The summed E-state index contributed by atoms with van der Waals surface area (Å²) in [4.78, 5) is 22.0. The molecule has 2 aromatic carbocycles. The second kappa shape index (κ2) is 11.4. The number of fused-ring (bicyclic) bond motifs is 1. The van der Waals surface area contributed by atoms with Gasteiger partial charge in [0.2, 0.25) is 0 Å². The van der Waals surface area contributed by atoms with Crippen molar-refractivity contribution < 1.29 is 28.5 Å². The SMILES string of the molecule is C=CC(=O)OCCCOc1ccc(OCCCOC(=O)C=C)c2ccccc12. The van der Waals surface area contributed by atoms with Gasteiger partial charge in [-0.3, -0.25) is 0 Å². The quantitative estimate of drug-likeness (QED) is 0.315. The van der Waals surface area contributed by atoms with E-state index < -0.39 is 11.9 Å². The third-order valence-electron chi connectivity index (χ3n) is 3.76. The first-order valence-corrected chi connectivity index (χ1v) is 9.01. The second-order valence-corrected chi connectivity index (χ2v) is 5.75. The first-order chi connectivity index (χ1) is 13.7. The Kier molecular flexibility index (Phi) is 8.59. The lowest BCUT2D eigenvalue weighted by Gasteiger charge is -2.13. The lowest BCUT2D eigenvalue weighted by Crippen LogP contribution is -2.07. The summed E-state index contributed by atoms with van der Waals surface area (Å²) in [5, 5.41) is 1.86. The standard InChI is InChI=1S/C22H24O6/c1-3-21(23)27-15-7-13-25-19-11-12-20(18-10-6-5-9-17(18)19)26-14-8-16-28-22(24)4-2/h3-6,9-12H,1-2,7-8,13-16H2. The number of rotatable bonds is 12.